The molecular formula is C15H24IN3O3. The predicted molar refractivity (Wildman–Crippen MR) is 92.7 cm³/mol. The van der Waals surface area contributed by atoms with Gasteiger partial charge < -0.3 is 9.47 Å². The average molecular weight is 421 g/mol. The first-order valence-corrected chi connectivity index (χ1v) is 8.73. The minimum Gasteiger partial charge on any atom is -0.442 e. The molecule has 22 heavy (non-hydrogen) atoms. The molecule has 0 spiro atoms. The first-order valence-electron chi connectivity index (χ1n) is 7.65. The predicted octanol–water partition coefficient (Wildman–Crippen LogP) is 3.27. The lowest BCUT2D eigenvalue weighted by Crippen LogP contribution is -2.44. The molecule has 0 radical (unpaired) electrons. The Morgan fingerprint density at radius 3 is 2.68 bits per heavy atom. The Bertz CT molecular complexity index is 519. The Morgan fingerprint density at radius 1 is 1.50 bits per heavy atom. The van der Waals surface area contributed by atoms with Crippen molar-refractivity contribution in [2.75, 3.05) is 24.8 Å². The number of amides is 1. The Kier molecular flexibility index (Phi) is 5.70. The summed E-state index contributed by atoms with van der Waals surface area (Å²) < 4.78 is 13.7. The van der Waals surface area contributed by atoms with Gasteiger partial charge in [0.25, 0.3) is 0 Å². The van der Waals surface area contributed by atoms with Gasteiger partial charge in [0.1, 0.15) is 15.1 Å². The third-order valence-corrected chi connectivity index (χ3v) is 3.95. The van der Waals surface area contributed by atoms with Crippen LogP contribution >= 0.6 is 22.6 Å². The van der Waals surface area contributed by atoms with Gasteiger partial charge in [-0.05, 0) is 63.1 Å². The van der Waals surface area contributed by atoms with Gasteiger partial charge >= 0.3 is 6.09 Å². The van der Waals surface area contributed by atoms with Crippen LogP contribution in [-0.2, 0) is 9.47 Å². The summed E-state index contributed by atoms with van der Waals surface area (Å²) in [7, 11) is 0. The Hall–Kier alpha value is -0.830. The number of carbonyl (C=O) groups is 1. The zero-order valence-electron chi connectivity index (χ0n) is 13.6. The molecule has 0 saturated carbocycles. The average Bonchev–Trinajstić information content (AvgIpc) is 2.80. The fraction of sp³-hybridized carbons (Fsp3) is 0.733. The molecule has 1 aliphatic heterocycles. The second-order valence-electron chi connectivity index (χ2n) is 6.35. The van der Waals surface area contributed by atoms with Crippen molar-refractivity contribution in [2.45, 2.75) is 52.1 Å². The number of hydrogen-bond acceptors (Lipinski definition) is 4. The van der Waals surface area contributed by atoms with Crippen molar-refractivity contribution in [1.29, 1.82) is 0 Å². The second-order valence-corrected chi connectivity index (χ2v) is 7.45. The monoisotopic (exact) mass is 421 g/mol. The fourth-order valence-corrected chi connectivity index (χ4v) is 2.98. The van der Waals surface area contributed by atoms with Gasteiger partial charge in [0.15, 0.2) is 0 Å². The molecule has 0 aromatic carbocycles. The van der Waals surface area contributed by atoms with Gasteiger partial charge in [-0.3, -0.25) is 0 Å². The van der Waals surface area contributed by atoms with Crippen molar-refractivity contribution in [3.63, 3.8) is 0 Å². The summed E-state index contributed by atoms with van der Waals surface area (Å²) in [5.41, 5.74) is -0.517. The summed E-state index contributed by atoms with van der Waals surface area (Å²) in [4.78, 5) is 17.1. The lowest BCUT2D eigenvalue weighted by atomic mass is 10.00. The minimum atomic E-state index is -0.517. The van der Waals surface area contributed by atoms with E-state index in [0.717, 1.165) is 35.6 Å². The maximum atomic E-state index is 12.5. The van der Waals surface area contributed by atoms with E-state index in [9.17, 15) is 4.79 Å². The normalized spacial score (nSPS) is 16.6. The van der Waals surface area contributed by atoms with Crippen LogP contribution < -0.4 is 5.01 Å². The summed E-state index contributed by atoms with van der Waals surface area (Å²) in [5.74, 6) is 1.23. The van der Waals surface area contributed by atoms with E-state index in [0.29, 0.717) is 12.5 Å². The van der Waals surface area contributed by atoms with Crippen LogP contribution in [0.2, 0.25) is 0 Å². The van der Waals surface area contributed by atoms with Crippen LogP contribution in [0.15, 0.2) is 6.20 Å². The van der Waals surface area contributed by atoms with Crippen molar-refractivity contribution in [2.24, 2.45) is 0 Å². The summed E-state index contributed by atoms with van der Waals surface area (Å²) in [5, 5.41) is 1.60. The highest BCUT2D eigenvalue weighted by Crippen LogP contribution is 2.27. The fourth-order valence-electron chi connectivity index (χ4n) is 2.47. The molecule has 2 rings (SSSR count). The minimum absolute atomic E-state index is 0.314. The van der Waals surface area contributed by atoms with Crippen LogP contribution in [-0.4, -0.2) is 41.1 Å². The number of aromatic nitrogens is 2. The molecule has 0 N–H and O–H groups in total. The van der Waals surface area contributed by atoms with Crippen LogP contribution in [0.3, 0.4) is 0 Å². The van der Waals surface area contributed by atoms with E-state index in [-0.39, 0.29) is 6.09 Å². The molecule has 1 fully saturated rings. The van der Waals surface area contributed by atoms with Gasteiger partial charge in [0, 0.05) is 25.7 Å². The molecular weight excluding hydrogens is 397 g/mol. The van der Waals surface area contributed by atoms with Crippen LogP contribution in [0, 0.1) is 3.70 Å². The number of rotatable bonds is 3. The molecule has 1 amide bonds. The number of imidazole rings is 1. The van der Waals surface area contributed by atoms with E-state index in [1.807, 2.05) is 38.6 Å². The van der Waals surface area contributed by atoms with Crippen LogP contribution in [0.4, 0.5) is 4.79 Å². The maximum absolute atomic E-state index is 12.5. The van der Waals surface area contributed by atoms with Crippen LogP contribution in [0.25, 0.3) is 0 Å². The number of carbonyl (C=O) groups excluding carboxylic acids is 1. The third kappa shape index (κ3) is 4.34. The van der Waals surface area contributed by atoms with Crippen molar-refractivity contribution in [1.82, 2.24) is 9.66 Å². The van der Waals surface area contributed by atoms with Crippen molar-refractivity contribution < 1.29 is 14.3 Å². The zero-order valence-corrected chi connectivity index (χ0v) is 15.8. The number of nitrogens with zero attached hydrogens (tertiary/aromatic N) is 3. The molecule has 0 unspecified atom stereocenters. The van der Waals surface area contributed by atoms with E-state index >= 15 is 0 Å². The van der Waals surface area contributed by atoms with Gasteiger partial charge in [-0.2, -0.15) is 0 Å². The number of halogens is 1. The standard InChI is InChI=1S/C15H24IN3O3/c1-5-18(14(20)22-15(2,3)4)19-10-12(16)17-13(19)11-6-8-21-9-7-11/h10-11H,5-9H2,1-4H3. The molecule has 0 atom stereocenters. The smallest absolute Gasteiger partial charge is 0.429 e. The molecule has 7 heteroatoms. The number of ether oxygens (including phenoxy) is 2. The molecule has 0 bridgehead atoms. The van der Waals surface area contributed by atoms with E-state index < -0.39 is 5.60 Å². The summed E-state index contributed by atoms with van der Waals surface area (Å²) in [6, 6.07) is 0. The largest absolute Gasteiger partial charge is 0.442 e. The first-order chi connectivity index (χ1) is 10.3. The molecule has 6 nitrogen and oxygen atoms in total. The van der Waals surface area contributed by atoms with E-state index in [1.165, 1.54) is 0 Å². The summed E-state index contributed by atoms with van der Waals surface area (Å²) in [6.45, 7) is 9.56. The van der Waals surface area contributed by atoms with Crippen molar-refractivity contribution >= 4 is 28.7 Å². The van der Waals surface area contributed by atoms with Crippen LogP contribution in [0.5, 0.6) is 0 Å². The van der Waals surface area contributed by atoms with Crippen LogP contribution in [0.1, 0.15) is 52.3 Å². The molecule has 1 aliphatic rings. The van der Waals surface area contributed by atoms with Gasteiger partial charge in [-0.25, -0.2) is 19.5 Å². The van der Waals surface area contributed by atoms with Crippen molar-refractivity contribution in [3.8, 4) is 0 Å². The molecule has 124 valence electrons. The molecule has 1 aromatic rings. The molecule has 1 aromatic heterocycles. The Labute approximate surface area is 145 Å². The topological polar surface area (TPSA) is 56.6 Å². The number of hydrogen-bond donors (Lipinski definition) is 0. The van der Waals surface area contributed by atoms with E-state index in [4.69, 9.17) is 9.47 Å². The van der Waals surface area contributed by atoms with E-state index in [1.54, 1.807) is 5.01 Å². The van der Waals surface area contributed by atoms with Crippen molar-refractivity contribution in [3.05, 3.63) is 15.7 Å². The SMILES string of the molecule is CCN(C(=O)OC(C)(C)C)n1cc(I)nc1C1CCOCC1. The lowest BCUT2D eigenvalue weighted by molar-refractivity contribution is 0.0533. The molecule has 1 saturated heterocycles. The zero-order chi connectivity index (χ0) is 16.3. The second kappa shape index (κ2) is 7.16. The van der Waals surface area contributed by atoms with Gasteiger partial charge in [0.2, 0.25) is 0 Å². The third-order valence-electron chi connectivity index (χ3n) is 3.44. The highest BCUT2D eigenvalue weighted by atomic mass is 127. The lowest BCUT2D eigenvalue weighted by Gasteiger charge is -2.30. The Balaban J connectivity index is 2.26. The van der Waals surface area contributed by atoms with E-state index in [2.05, 4.69) is 27.6 Å². The van der Waals surface area contributed by atoms with Gasteiger partial charge in [0.05, 0.1) is 6.20 Å². The quantitative estimate of drug-likeness (QED) is 0.704. The van der Waals surface area contributed by atoms with Gasteiger partial charge in [-0.1, -0.05) is 0 Å². The first kappa shape index (κ1) is 17.5. The Morgan fingerprint density at radius 2 is 2.14 bits per heavy atom. The van der Waals surface area contributed by atoms with Gasteiger partial charge in [-0.15, -0.1) is 0 Å². The molecule has 2 heterocycles. The summed E-state index contributed by atoms with van der Waals surface area (Å²) >= 11 is 2.18. The maximum Gasteiger partial charge on any atom is 0.429 e. The highest BCUT2D eigenvalue weighted by molar-refractivity contribution is 14.1. The molecule has 0 aliphatic carbocycles. The summed E-state index contributed by atoms with van der Waals surface area (Å²) in [6.07, 6.45) is 3.40. The highest BCUT2D eigenvalue weighted by Gasteiger charge is 2.28.